The number of ether oxygens (including phenoxy) is 2. The molecule has 20 heavy (non-hydrogen) atoms. The summed E-state index contributed by atoms with van der Waals surface area (Å²) in [6.07, 6.45) is 2.29. The number of hydrogen-bond acceptors (Lipinski definition) is 4. The van der Waals surface area contributed by atoms with Crippen molar-refractivity contribution in [1.29, 1.82) is 0 Å². The zero-order chi connectivity index (χ0) is 15.2. The Balaban J connectivity index is 2.59. The van der Waals surface area contributed by atoms with Gasteiger partial charge in [0.15, 0.2) is 18.5 Å². The summed E-state index contributed by atoms with van der Waals surface area (Å²) in [5.74, 6) is -2.46. The molecule has 1 heterocycles. The van der Waals surface area contributed by atoms with E-state index in [-0.39, 0.29) is 11.7 Å². The second-order valence-corrected chi connectivity index (χ2v) is 4.70. The Hall–Kier alpha value is -1.72. The van der Waals surface area contributed by atoms with Crippen LogP contribution in [0, 0.1) is 0 Å². The van der Waals surface area contributed by atoms with E-state index in [0.717, 1.165) is 13.3 Å². The lowest BCUT2D eigenvalue weighted by Crippen LogP contribution is -2.24. The molecule has 1 atom stereocenters. The van der Waals surface area contributed by atoms with E-state index in [0.29, 0.717) is 12.2 Å². The van der Waals surface area contributed by atoms with Gasteiger partial charge in [-0.3, -0.25) is 4.79 Å². The fourth-order valence-corrected chi connectivity index (χ4v) is 1.49. The fourth-order valence-electron chi connectivity index (χ4n) is 1.49. The number of hydrogen-bond donors (Lipinski definition) is 0. The average Bonchev–Trinajstić information content (AvgIpc) is 2.36. The van der Waals surface area contributed by atoms with Gasteiger partial charge in [-0.1, -0.05) is 13.3 Å². The lowest BCUT2D eigenvalue weighted by atomic mass is 10.1. The normalized spacial score (nSPS) is 12.8. The van der Waals surface area contributed by atoms with E-state index in [1.54, 1.807) is 6.07 Å². The Labute approximate surface area is 117 Å². The van der Waals surface area contributed by atoms with E-state index in [2.05, 4.69) is 4.98 Å². The van der Waals surface area contributed by atoms with Crippen molar-refractivity contribution in [1.82, 2.24) is 4.98 Å². The van der Waals surface area contributed by atoms with Crippen molar-refractivity contribution in [3.63, 3.8) is 0 Å². The summed E-state index contributed by atoms with van der Waals surface area (Å²) in [5, 5.41) is 0. The van der Waals surface area contributed by atoms with Crippen LogP contribution in [0.25, 0.3) is 0 Å². The maximum absolute atomic E-state index is 12.6. The molecule has 0 amide bonds. The number of rotatable bonds is 8. The number of ketones is 1. The molecule has 0 radical (unpaired) electrons. The molecular weight excluding hydrogens is 268 g/mol. The summed E-state index contributed by atoms with van der Waals surface area (Å²) in [5.41, 5.74) is 0. The first kappa shape index (κ1) is 16.3. The van der Waals surface area contributed by atoms with Crippen LogP contribution < -0.4 is 9.47 Å². The molecule has 1 rings (SSSR count). The van der Waals surface area contributed by atoms with Gasteiger partial charge in [0, 0.05) is 13.0 Å². The third kappa shape index (κ3) is 5.95. The van der Waals surface area contributed by atoms with Crippen molar-refractivity contribution in [3.8, 4) is 11.6 Å². The first-order valence-corrected chi connectivity index (χ1v) is 6.45. The maximum Gasteiger partial charge on any atom is 0.278 e. The molecule has 112 valence electrons. The van der Waals surface area contributed by atoms with Crippen LogP contribution in [0.5, 0.6) is 11.6 Å². The Kier molecular flexibility index (Phi) is 5.85. The number of Topliss-reactive ketones (excluding diaryl/α,β-unsaturated/α-hetero) is 1. The minimum atomic E-state index is -2.91. The fraction of sp³-hybridized carbons (Fsp3) is 0.571. The number of aromatic nitrogens is 1. The van der Waals surface area contributed by atoms with Gasteiger partial charge in [-0.25, -0.2) is 13.8 Å². The molecule has 0 spiro atoms. The molecule has 0 aliphatic carbocycles. The third-order valence-electron chi connectivity index (χ3n) is 2.47. The summed E-state index contributed by atoms with van der Waals surface area (Å²) in [6, 6.07) is 2.98. The monoisotopic (exact) mass is 287 g/mol. The van der Waals surface area contributed by atoms with E-state index in [4.69, 9.17) is 9.47 Å². The maximum atomic E-state index is 12.6. The summed E-state index contributed by atoms with van der Waals surface area (Å²) in [4.78, 5) is 15.2. The molecule has 1 aromatic rings. The first-order valence-electron chi connectivity index (χ1n) is 6.45. The van der Waals surface area contributed by atoms with Crippen molar-refractivity contribution in [2.45, 2.75) is 45.6 Å². The van der Waals surface area contributed by atoms with Crippen LogP contribution in [-0.4, -0.2) is 29.4 Å². The SMILES string of the molecule is CCC[C@@H](Oc1ccc(OCC(C)(F)F)nc1)C(C)=O. The first-order chi connectivity index (χ1) is 9.31. The zero-order valence-electron chi connectivity index (χ0n) is 11.9. The molecule has 0 aromatic carbocycles. The molecular formula is C14H19F2NO3. The quantitative estimate of drug-likeness (QED) is 0.736. The number of alkyl halides is 2. The van der Waals surface area contributed by atoms with Crippen LogP contribution in [0.3, 0.4) is 0 Å². The van der Waals surface area contributed by atoms with Crippen molar-refractivity contribution >= 4 is 5.78 Å². The summed E-state index contributed by atoms with van der Waals surface area (Å²) in [7, 11) is 0. The van der Waals surface area contributed by atoms with Crippen molar-refractivity contribution < 1.29 is 23.0 Å². The Morgan fingerprint density at radius 3 is 2.60 bits per heavy atom. The van der Waals surface area contributed by atoms with Gasteiger partial charge in [0.25, 0.3) is 5.92 Å². The predicted octanol–water partition coefficient (Wildman–Crippen LogP) is 3.25. The highest BCUT2D eigenvalue weighted by atomic mass is 19.3. The Bertz CT molecular complexity index is 429. The average molecular weight is 287 g/mol. The Morgan fingerprint density at radius 1 is 1.45 bits per heavy atom. The van der Waals surface area contributed by atoms with Gasteiger partial charge in [-0.05, 0) is 19.4 Å². The van der Waals surface area contributed by atoms with Crippen LogP contribution in [-0.2, 0) is 4.79 Å². The lowest BCUT2D eigenvalue weighted by Gasteiger charge is -2.16. The van der Waals surface area contributed by atoms with Crippen LogP contribution in [0.15, 0.2) is 18.3 Å². The minimum absolute atomic E-state index is 0.0576. The molecule has 0 fully saturated rings. The standard InChI is InChI=1S/C14H19F2NO3/c1-4-5-12(10(2)18)20-11-6-7-13(17-8-11)19-9-14(3,15)16/h6-8,12H,4-5,9H2,1-3H3/t12-/m1/s1. The molecule has 4 nitrogen and oxygen atoms in total. The molecule has 0 N–H and O–H groups in total. The van der Waals surface area contributed by atoms with Gasteiger partial charge in [-0.15, -0.1) is 0 Å². The molecule has 6 heteroatoms. The van der Waals surface area contributed by atoms with Crippen LogP contribution in [0.1, 0.15) is 33.6 Å². The van der Waals surface area contributed by atoms with E-state index in [1.165, 1.54) is 19.2 Å². The third-order valence-corrected chi connectivity index (χ3v) is 2.47. The van der Waals surface area contributed by atoms with E-state index < -0.39 is 18.6 Å². The van der Waals surface area contributed by atoms with E-state index in [1.807, 2.05) is 6.92 Å². The molecule has 0 aliphatic rings. The lowest BCUT2D eigenvalue weighted by molar-refractivity contribution is -0.123. The van der Waals surface area contributed by atoms with Crippen LogP contribution >= 0.6 is 0 Å². The topological polar surface area (TPSA) is 48.4 Å². The van der Waals surface area contributed by atoms with E-state index >= 15 is 0 Å². The molecule has 0 bridgehead atoms. The summed E-state index contributed by atoms with van der Waals surface area (Å²) < 4.78 is 35.6. The number of halogens is 2. The van der Waals surface area contributed by atoms with Crippen LogP contribution in [0.2, 0.25) is 0 Å². The second-order valence-electron chi connectivity index (χ2n) is 4.70. The van der Waals surface area contributed by atoms with Crippen molar-refractivity contribution in [2.24, 2.45) is 0 Å². The van der Waals surface area contributed by atoms with Gasteiger partial charge < -0.3 is 9.47 Å². The van der Waals surface area contributed by atoms with Gasteiger partial charge >= 0.3 is 0 Å². The molecule has 0 unspecified atom stereocenters. The highest BCUT2D eigenvalue weighted by molar-refractivity contribution is 5.80. The smallest absolute Gasteiger partial charge is 0.278 e. The number of nitrogens with zero attached hydrogens (tertiary/aromatic N) is 1. The van der Waals surface area contributed by atoms with Gasteiger partial charge in [0.1, 0.15) is 5.75 Å². The second kappa shape index (κ2) is 7.17. The molecule has 0 saturated carbocycles. The number of carbonyl (C=O) groups is 1. The van der Waals surface area contributed by atoms with Crippen LogP contribution in [0.4, 0.5) is 8.78 Å². The van der Waals surface area contributed by atoms with Gasteiger partial charge in [0.2, 0.25) is 5.88 Å². The summed E-state index contributed by atoms with van der Waals surface area (Å²) >= 11 is 0. The number of pyridine rings is 1. The minimum Gasteiger partial charge on any atom is -0.481 e. The zero-order valence-corrected chi connectivity index (χ0v) is 11.9. The predicted molar refractivity (Wildman–Crippen MR) is 70.4 cm³/mol. The van der Waals surface area contributed by atoms with Gasteiger partial charge in [0.05, 0.1) is 6.20 Å². The molecule has 0 aliphatic heterocycles. The highest BCUT2D eigenvalue weighted by Gasteiger charge is 2.22. The number of carbonyl (C=O) groups excluding carboxylic acids is 1. The summed E-state index contributed by atoms with van der Waals surface area (Å²) in [6.45, 7) is 3.47. The molecule has 1 aromatic heterocycles. The largest absolute Gasteiger partial charge is 0.481 e. The van der Waals surface area contributed by atoms with Crippen molar-refractivity contribution in [2.75, 3.05) is 6.61 Å². The highest BCUT2D eigenvalue weighted by Crippen LogP contribution is 2.19. The Morgan fingerprint density at radius 2 is 2.15 bits per heavy atom. The molecule has 0 saturated heterocycles. The van der Waals surface area contributed by atoms with Gasteiger partial charge in [-0.2, -0.15) is 0 Å². The van der Waals surface area contributed by atoms with Crippen molar-refractivity contribution in [3.05, 3.63) is 18.3 Å². The van der Waals surface area contributed by atoms with E-state index in [9.17, 15) is 13.6 Å².